The van der Waals surface area contributed by atoms with Crippen LogP contribution in [-0.2, 0) is 4.79 Å². The third kappa shape index (κ3) is 4.46. The first-order valence-corrected chi connectivity index (χ1v) is 7.95. The van der Waals surface area contributed by atoms with Crippen molar-refractivity contribution in [2.24, 2.45) is 0 Å². The summed E-state index contributed by atoms with van der Waals surface area (Å²) in [4.78, 5) is 14.3. The summed E-state index contributed by atoms with van der Waals surface area (Å²) >= 11 is 0. The Kier molecular flexibility index (Phi) is 6.11. The first-order chi connectivity index (χ1) is 9.31. The average molecular weight is 268 g/mol. The molecule has 0 bridgehead atoms. The molecule has 0 aromatic heterocycles. The van der Waals surface area contributed by atoms with Crippen LogP contribution in [0.2, 0.25) is 0 Å². The first kappa shape index (κ1) is 14.8. The fourth-order valence-corrected chi connectivity index (χ4v) is 3.47. The van der Waals surface area contributed by atoms with E-state index in [-0.39, 0.29) is 12.5 Å². The second-order valence-electron chi connectivity index (χ2n) is 5.96. The van der Waals surface area contributed by atoms with E-state index in [0.29, 0.717) is 25.2 Å². The number of hydrogen-bond donors (Lipinski definition) is 2. The van der Waals surface area contributed by atoms with E-state index >= 15 is 0 Å². The summed E-state index contributed by atoms with van der Waals surface area (Å²) in [6, 6.07) is 0.894. The number of nitrogens with zero attached hydrogens (tertiary/aromatic N) is 1. The molecule has 0 aromatic carbocycles. The van der Waals surface area contributed by atoms with Crippen molar-refractivity contribution in [1.82, 2.24) is 10.2 Å². The molecule has 0 aliphatic heterocycles. The normalized spacial score (nSPS) is 21.7. The van der Waals surface area contributed by atoms with Crippen molar-refractivity contribution in [3.8, 4) is 0 Å². The lowest BCUT2D eigenvalue weighted by molar-refractivity contribution is -0.134. The van der Waals surface area contributed by atoms with Gasteiger partial charge in [-0.3, -0.25) is 4.79 Å². The third-order valence-corrected chi connectivity index (χ3v) is 4.57. The van der Waals surface area contributed by atoms with Gasteiger partial charge in [-0.25, -0.2) is 0 Å². The molecule has 2 aliphatic rings. The minimum Gasteiger partial charge on any atom is -0.395 e. The number of hydrogen-bond acceptors (Lipinski definition) is 3. The maximum Gasteiger partial charge on any atom is 0.236 e. The number of aliphatic hydroxyl groups excluding tert-OH is 1. The SMILES string of the molecule is O=C(CNC1CCCC1)N(CCO)C1CCCCC1. The molecule has 4 heteroatoms. The molecule has 0 radical (unpaired) electrons. The highest BCUT2D eigenvalue weighted by molar-refractivity contribution is 5.78. The Hall–Kier alpha value is -0.610. The zero-order valence-electron chi connectivity index (χ0n) is 11.9. The molecule has 1 amide bonds. The summed E-state index contributed by atoms with van der Waals surface area (Å²) in [5.41, 5.74) is 0. The van der Waals surface area contributed by atoms with E-state index in [1.54, 1.807) is 0 Å². The summed E-state index contributed by atoms with van der Waals surface area (Å²) in [5.74, 6) is 0.174. The van der Waals surface area contributed by atoms with Gasteiger partial charge in [0.15, 0.2) is 0 Å². The van der Waals surface area contributed by atoms with E-state index in [2.05, 4.69) is 5.32 Å². The fraction of sp³-hybridized carbons (Fsp3) is 0.933. The highest BCUT2D eigenvalue weighted by Gasteiger charge is 2.25. The molecule has 2 fully saturated rings. The monoisotopic (exact) mass is 268 g/mol. The molecule has 2 aliphatic carbocycles. The summed E-state index contributed by atoms with van der Waals surface area (Å²) < 4.78 is 0. The second kappa shape index (κ2) is 7.85. The molecule has 110 valence electrons. The van der Waals surface area contributed by atoms with Gasteiger partial charge in [0, 0.05) is 18.6 Å². The van der Waals surface area contributed by atoms with Gasteiger partial charge in [-0.2, -0.15) is 0 Å². The van der Waals surface area contributed by atoms with Gasteiger partial charge >= 0.3 is 0 Å². The number of carbonyl (C=O) groups is 1. The maximum atomic E-state index is 12.3. The Balaban J connectivity index is 1.80. The topological polar surface area (TPSA) is 52.6 Å². The van der Waals surface area contributed by atoms with E-state index < -0.39 is 0 Å². The highest BCUT2D eigenvalue weighted by Crippen LogP contribution is 2.22. The van der Waals surface area contributed by atoms with Crippen LogP contribution in [0.3, 0.4) is 0 Å². The van der Waals surface area contributed by atoms with E-state index in [4.69, 9.17) is 0 Å². The molecule has 0 unspecified atom stereocenters. The van der Waals surface area contributed by atoms with Gasteiger partial charge in [-0.05, 0) is 25.7 Å². The minimum absolute atomic E-state index is 0.0751. The molecule has 0 saturated heterocycles. The molecule has 0 spiro atoms. The highest BCUT2D eigenvalue weighted by atomic mass is 16.3. The lowest BCUT2D eigenvalue weighted by atomic mass is 9.94. The Morgan fingerprint density at radius 2 is 1.68 bits per heavy atom. The largest absolute Gasteiger partial charge is 0.395 e. The molecule has 2 rings (SSSR count). The lowest BCUT2D eigenvalue weighted by Gasteiger charge is -2.34. The molecule has 2 N–H and O–H groups in total. The van der Waals surface area contributed by atoms with Gasteiger partial charge in [0.25, 0.3) is 0 Å². The zero-order chi connectivity index (χ0) is 13.5. The maximum absolute atomic E-state index is 12.3. The lowest BCUT2D eigenvalue weighted by Crippen LogP contribution is -2.47. The molecule has 0 aromatic rings. The first-order valence-electron chi connectivity index (χ1n) is 7.95. The summed E-state index contributed by atoms with van der Waals surface area (Å²) in [6.45, 7) is 1.02. The number of aliphatic hydroxyl groups is 1. The Morgan fingerprint density at radius 3 is 2.32 bits per heavy atom. The van der Waals surface area contributed by atoms with Crippen molar-refractivity contribution in [3.05, 3.63) is 0 Å². The van der Waals surface area contributed by atoms with E-state index in [1.165, 1.54) is 44.9 Å². The van der Waals surface area contributed by atoms with E-state index in [9.17, 15) is 9.90 Å². The van der Waals surface area contributed by atoms with Crippen LogP contribution >= 0.6 is 0 Å². The molecule has 2 saturated carbocycles. The predicted molar refractivity (Wildman–Crippen MR) is 75.9 cm³/mol. The summed E-state index contributed by atoms with van der Waals surface area (Å²) in [5, 5.41) is 12.6. The molecule has 0 atom stereocenters. The standard InChI is InChI=1S/C15H28N2O2/c18-11-10-17(14-8-2-1-3-9-14)15(19)12-16-13-6-4-5-7-13/h13-14,16,18H,1-12H2. The van der Waals surface area contributed by atoms with Gasteiger partial charge < -0.3 is 15.3 Å². The van der Waals surface area contributed by atoms with Crippen LogP contribution in [0, 0.1) is 0 Å². The van der Waals surface area contributed by atoms with Gasteiger partial charge in [0.1, 0.15) is 0 Å². The van der Waals surface area contributed by atoms with E-state index in [0.717, 1.165) is 12.8 Å². The van der Waals surface area contributed by atoms with Crippen LogP contribution in [-0.4, -0.2) is 47.7 Å². The molecule has 0 heterocycles. The fourth-order valence-electron chi connectivity index (χ4n) is 3.47. The van der Waals surface area contributed by atoms with Crippen molar-refractivity contribution >= 4 is 5.91 Å². The Bertz CT molecular complexity index is 271. The third-order valence-electron chi connectivity index (χ3n) is 4.57. The van der Waals surface area contributed by atoms with Crippen molar-refractivity contribution in [2.45, 2.75) is 69.9 Å². The summed E-state index contributed by atoms with van der Waals surface area (Å²) in [6.07, 6.45) is 10.9. The van der Waals surface area contributed by atoms with Crippen LogP contribution < -0.4 is 5.32 Å². The molecular weight excluding hydrogens is 240 g/mol. The molecule has 19 heavy (non-hydrogen) atoms. The van der Waals surface area contributed by atoms with Crippen LogP contribution in [0.1, 0.15) is 57.8 Å². The van der Waals surface area contributed by atoms with Crippen LogP contribution in [0.25, 0.3) is 0 Å². The minimum atomic E-state index is 0.0751. The number of carbonyl (C=O) groups excluding carboxylic acids is 1. The number of amides is 1. The Morgan fingerprint density at radius 1 is 1.05 bits per heavy atom. The molecular formula is C15H28N2O2. The van der Waals surface area contributed by atoms with Gasteiger partial charge in [0.05, 0.1) is 13.2 Å². The number of rotatable bonds is 6. The smallest absolute Gasteiger partial charge is 0.236 e. The zero-order valence-corrected chi connectivity index (χ0v) is 11.9. The van der Waals surface area contributed by atoms with Gasteiger partial charge in [-0.15, -0.1) is 0 Å². The van der Waals surface area contributed by atoms with Crippen molar-refractivity contribution in [2.75, 3.05) is 19.7 Å². The van der Waals surface area contributed by atoms with Crippen molar-refractivity contribution in [1.29, 1.82) is 0 Å². The Labute approximate surface area is 116 Å². The van der Waals surface area contributed by atoms with Crippen molar-refractivity contribution < 1.29 is 9.90 Å². The van der Waals surface area contributed by atoms with Crippen molar-refractivity contribution in [3.63, 3.8) is 0 Å². The van der Waals surface area contributed by atoms with Crippen LogP contribution in [0.15, 0.2) is 0 Å². The number of nitrogens with one attached hydrogen (secondary N) is 1. The van der Waals surface area contributed by atoms with Crippen LogP contribution in [0.4, 0.5) is 0 Å². The molecule has 4 nitrogen and oxygen atoms in total. The van der Waals surface area contributed by atoms with Gasteiger partial charge in [0.2, 0.25) is 5.91 Å². The average Bonchev–Trinajstić information content (AvgIpc) is 2.96. The van der Waals surface area contributed by atoms with Gasteiger partial charge in [-0.1, -0.05) is 32.1 Å². The van der Waals surface area contributed by atoms with E-state index in [1.807, 2.05) is 4.90 Å². The quantitative estimate of drug-likeness (QED) is 0.770. The summed E-state index contributed by atoms with van der Waals surface area (Å²) in [7, 11) is 0. The predicted octanol–water partition coefficient (Wildman–Crippen LogP) is 1.67. The van der Waals surface area contributed by atoms with Crippen LogP contribution in [0.5, 0.6) is 0 Å². The second-order valence-corrected chi connectivity index (χ2v) is 5.96.